The second kappa shape index (κ2) is 9.13. The minimum absolute atomic E-state index is 0.00575. The number of nitriles is 1. The van der Waals surface area contributed by atoms with E-state index in [-0.39, 0.29) is 17.9 Å². The Morgan fingerprint density at radius 3 is 2.61 bits per heavy atom. The molecule has 184 valence electrons. The zero-order valence-corrected chi connectivity index (χ0v) is 21.8. The van der Waals surface area contributed by atoms with Crippen molar-refractivity contribution in [2.45, 2.75) is 50.9 Å². The predicted molar refractivity (Wildman–Crippen MR) is 139 cm³/mol. The lowest BCUT2D eigenvalue weighted by Crippen LogP contribution is -2.44. The molecular formula is C27H23Cl2N3O3S. The first-order chi connectivity index (χ1) is 17.4. The van der Waals surface area contributed by atoms with Gasteiger partial charge in [-0.2, -0.15) is 5.26 Å². The van der Waals surface area contributed by atoms with Gasteiger partial charge in [0.25, 0.3) is 0 Å². The highest BCUT2D eigenvalue weighted by atomic mass is 35.5. The Bertz CT molecular complexity index is 1470. The molecule has 4 atom stereocenters. The Labute approximate surface area is 222 Å². The molecule has 6 rings (SSSR count). The number of aliphatic hydroxyl groups is 1. The topological polar surface area (TPSA) is 92.2 Å². The molecule has 2 heterocycles. The summed E-state index contributed by atoms with van der Waals surface area (Å²) >= 11 is 14.3. The summed E-state index contributed by atoms with van der Waals surface area (Å²) in [6.45, 7) is 2.18. The number of hydrogen-bond donors (Lipinski definition) is 1. The minimum Gasteiger partial charge on any atom is -0.382 e. The molecule has 0 aliphatic heterocycles. The highest BCUT2D eigenvalue weighted by Gasteiger charge is 2.56. The normalized spacial score (nSPS) is 25.4. The highest BCUT2D eigenvalue weighted by Crippen LogP contribution is 2.56. The Hall–Kier alpha value is -2.47. The minimum atomic E-state index is -0.959. The summed E-state index contributed by atoms with van der Waals surface area (Å²) in [6, 6.07) is 13.0. The molecular weight excluding hydrogens is 517 g/mol. The van der Waals surface area contributed by atoms with E-state index in [2.05, 4.69) is 11.2 Å². The monoisotopic (exact) mass is 539 g/mol. The van der Waals surface area contributed by atoms with Gasteiger partial charge >= 0.3 is 0 Å². The zero-order valence-electron chi connectivity index (χ0n) is 19.5. The van der Waals surface area contributed by atoms with Crippen LogP contribution in [0.15, 0.2) is 40.9 Å². The summed E-state index contributed by atoms with van der Waals surface area (Å²) in [5.74, 6) is 0.805. The molecule has 36 heavy (non-hydrogen) atoms. The zero-order chi connectivity index (χ0) is 25.0. The Morgan fingerprint density at radius 2 is 1.92 bits per heavy atom. The largest absolute Gasteiger partial charge is 0.382 e. The van der Waals surface area contributed by atoms with Gasteiger partial charge in [0.1, 0.15) is 22.1 Å². The van der Waals surface area contributed by atoms with Gasteiger partial charge in [-0.05, 0) is 74.8 Å². The molecule has 9 heteroatoms. The van der Waals surface area contributed by atoms with Crippen molar-refractivity contribution in [3.63, 3.8) is 0 Å². The van der Waals surface area contributed by atoms with Crippen molar-refractivity contribution in [2.75, 3.05) is 0 Å². The SMILES string of the molecule is Cc1onc(-c2c(Cl)cccc2Cl)c1CO[C@H]1C[C@H]2CC[C@@H](C1)[C@@]2(O)c1nc2ccc(C#N)cc2s1. The fourth-order valence-corrected chi connectivity index (χ4v) is 7.67. The van der Waals surface area contributed by atoms with Gasteiger partial charge in [0.05, 0.1) is 44.6 Å². The van der Waals surface area contributed by atoms with Gasteiger partial charge in [0, 0.05) is 11.1 Å². The second-order valence-corrected chi connectivity index (χ2v) is 11.5. The molecule has 6 nitrogen and oxygen atoms in total. The van der Waals surface area contributed by atoms with E-state index in [0.29, 0.717) is 39.2 Å². The predicted octanol–water partition coefficient (Wildman–Crippen LogP) is 7.03. The Kier molecular flexibility index (Phi) is 6.06. The number of rotatable bonds is 5. The van der Waals surface area contributed by atoms with E-state index < -0.39 is 5.60 Å². The van der Waals surface area contributed by atoms with Crippen molar-refractivity contribution in [3.05, 3.63) is 68.3 Å². The van der Waals surface area contributed by atoms with Crippen molar-refractivity contribution in [3.8, 4) is 17.3 Å². The fourth-order valence-electron chi connectivity index (χ4n) is 5.84. The maximum atomic E-state index is 11.9. The van der Waals surface area contributed by atoms with Gasteiger partial charge in [-0.3, -0.25) is 0 Å². The molecule has 2 aromatic carbocycles. The van der Waals surface area contributed by atoms with Crippen molar-refractivity contribution in [1.82, 2.24) is 10.1 Å². The molecule has 4 aromatic rings. The van der Waals surface area contributed by atoms with Crippen LogP contribution >= 0.6 is 34.5 Å². The van der Waals surface area contributed by atoms with Gasteiger partial charge in [-0.1, -0.05) is 34.4 Å². The number of ether oxygens (including phenoxy) is 1. The number of benzene rings is 2. The lowest BCUT2D eigenvalue weighted by Gasteiger charge is -2.41. The molecule has 2 aromatic heterocycles. The first-order valence-electron chi connectivity index (χ1n) is 11.9. The van der Waals surface area contributed by atoms with E-state index in [1.807, 2.05) is 19.1 Å². The summed E-state index contributed by atoms with van der Waals surface area (Å²) in [5.41, 5.74) is 2.55. The molecule has 2 fully saturated rings. The van der Waals surface area contributed by atoms with Crippen LogP contribution in [-0.4, -0.2) is 21.4 Å². The molecule has 2 saturated carbocycles. The first-order valence-corrected chi connectivity index (χ1v) is 13.5. The Morgan fingerprint density at radius 1 is 1.19 bits per heavy atom. The third-order valence-corrected chi connectivity index (χ3v) is 9.50. The lowest BCUT2D eigenvalue weighted by atomic mass is 9.73. The van der Waals surface area contributed by atoms with Crippen LogP contribution in [0.4, 0.5) is 0 Å². The molecule has 0 amide bonds. The molecule has 0 saturated heterocycles. The smallest absolute Gasteiger partial charge is 0.139 e. The van der Waals surface area contributed by atoms with Gasteiger partial charge in [0.2, 0.25) is 0 Å². The average molecular weight is 540 g/mol. The van der Waals surface area contributed by atoms with Crippen LogP contribution < -0.4 is 0 Å². The van der Waals surface area contributed by atoms with Crippen LogP contribution in [0.2, 0.25) is 10.0 Å². The number of nitrogens with zero attached hydrogens (tertiary/aromatic N) is 3. The van der Waals surface area contributed by atoms with Crippen molar-refractivity contribution < 1.29 is 14.4 Å². The van der Waals surface area contributed by atoms with Crippen molar-refractivity contribution in [2.24, 2.45) is 11.8 Å². The van der Waals surface area contributed by atoms with Gasteiger partial charge in [-0.15, -0.1) is 11.3 Å². The summed E-state index contributed by atoms with van der Waals surface area (Å²) in [4.78, 5) is 4.78. The average Bonchev–Trinajstić information content (AvgIpc) is 3.49. The number of fused-ring (bicyclic) bond motifs is 3. The number of aromatic nitrogens is 2. The van der Waals surface area contributed by atoms with Crippen molar-refractivity contribution >= 4 is 44.8 Å². The van der Waals surface area contributed by atoms with Gasteiger partial charge in [0.15, 0.2) is 0 Å². The molecule has 0 spiro atoms. The van der Waals surface area contributed by atoms with Crippen LogP contribution in [0.3, 0.4) is 0 Å². The van der Waals surface area contributed by atoms with Crippen LogP contribution in [0.1, 0.15) is 47.6 Å². The third kappa shape index (κ3) is 3.84. The molecule has 2 bridgehead atoms. The fraction of sp³-hybridized carbons (Fsp3) is 0.370. The van der Waals surface area contributed by atoms with E-state index in [9.17, 15) is 10.4 Å². The highest BCUT2D eigenvalue weighted by molar-refractivity contribution is 7.18. The van der Waals surface area contributed by atoms with E-state index >= 15 is 0 Å². The standard InChI is InChI=1S/C27H23Cl2N3O3S/c1-14-19(25(32-35-14)24-20(28)3-2-4-21(24)29)13-34-18-10-16-6-7-17(11-18)27(16,33)26-31-22-8-5-15(12-30)9-23(22)36-26/h2-5,8-9,16-18,33H,6-7,10-11,13H2,1H3/t16-,17+,18+,27-. The van der Waals surface area contributed by atoms with Crippen LogP contribution in [0.5, 0.6) is 0 Å². The molecule has 0 radical (unpaired) electrons. The molecule has 2 aliphatic rings. The maximum absolute atomic E-state index is 11.9. The summed E-state index contributed by atoms with van der Waals surface area (Å²) in [6.07, 6.45) is 3.38. The maximum Gasteiger partial charge on any atom is 0.139 e. The number of hydrogen-bond acceptors (Lipinski definition) is 7. The molecule has 2 aliphatic carbocycles. The molecule has 1 N–H and O–H groups in total. The van der Waals surface area contributed by atoms with Crippen LogP contribution in [0, 0.1) is 30.1 Å². The van der Waals surface area contributed by atoms with Gasteiger partial charge in [-0.25, -0.2) is 4.98 Å². The van der Waals surface area contributed by atoms with Crippen LogP contribution in [0.25, 0.3) is 21.5 Å². The second-order valence-electron chi connectivity index (χ2n) is 9.68. The number of halogens is 2. The third-order valence-electron chi connectivity index (χ3n) is 7.71. The summed E-state index contributed by atoms with van der Waals surface area (Å²) < 4.78 is 12.8. The Balaban J connectivity index is 1.21. The van der Waals surface area contributed by atoms with E-state index in [4.69, 9.17) is 37.4 Å². The van der Waals surface area contributed by atoms with Gasteiger partial charge < -0.3 is 14.4 Å². The van der Waals surface area contributed by atoms with E-state index in [0.717, 1.165) is 46.5 Å². The van der Waals surface area contributed by atoms with Crippen molar-refractivity contribution in [1.29, 1.82) is 5.26 Å². The summed E-state index contributed by atoms with van der Waals surface area (Å²) in [7, 11) is 0. The number of thiazole rings is 1. The van der Waals surface area contributed by atoms with E-state index in [1.54, 1.807) is 24.3 Å². The van der Waals surface area contributed by atoms with Crippen LogP contribution in [-0.2, 0) is 16.9 Å². The number of aryl methyl sites for hydroxylation is 1. The first kappa shape index (κ1) is 23.9. The molecule has 0 unspecified atom stereocenters. The lowest BCUT2D eigenvalue weighted by molar-refractivity contribution is -0.116. The quantitative estimate of drug-likeness (QED) is 0.292. The summed E-state index contributed by atoms with van der Waals surface area (Å²) in [5, 5.41) is 27.1. The van der Waals surface area contributed by atoms with E-state index in [1.165, 1.54) is 11.3 Å².